The van der Waals surface area contributed by atoms with E-state index in [-0.39, 0.29) is 5.78 Å². The zero-order valence-corrected chi connectivity index (χ0v) is 20.8. The molecule has 1 aliphatic heterocycles. The summed E-state index contributed by atoms with van der Waals surface area (Å²) in [7, 11) is 0. The van der Waals surface area contributed by atoms with Gasteiger partial charge in [0, 0.05) is 29.6 Å². The van der Waals surface area contributed by atoms with Crippen LogP contribution in [0, 0.1) is 6.92 Å². The van der Waals surface area contributed by atoms with E-state index < -0.39 is 0 Å². The lowest BCUT2D eigenvalue weighted by molar-refractivity contribution is -0.114. The number of ether oxygens (including phenoxy) is 1. The summed E-state index contributed by atoms with van der Waals surface area (Å²) < 4.78 is 7.69. The van der Waals surface area contributed by atoms with Crippen molar-refractivity contribution in [3.8, 4) is 11.6 Å². The minimum Gasteiger partial charge on any atom is -0.439 e. The number of hydrogen-bond acceptors (Lipinski definition) is 9. The summed E-state index contributed by atoms with van der Waals surface area (Å²) in [5.41, 5.74) is 4.15. The molecule has 38 heavy (non-hydrogen) atoms. The second-order valence-corrected chi connectivity index (χ2v) is 9.31. The maximum atomic E-state index is 12.5. The van der Waals surface area contributed by atoms with Crippen molar-refractivity contribution in [3.63, 3.8) is 0 Å². The summed E-state index contributed by atoms with van der Waals surface area (Å²) in [6.07, 6.45) is 11.0. The van der Waals surface area contributed by atoms with Crippen LogP contribution in [-0.4, -0.2) is 47.9 Å². The highest BCUT2D eigenvalue weighted by atomic mass is 16.5. The second kappa shape index (κ2) is 10.3. The Morgan fingerprint density at radius 3 is 2.97 bits per heavy atom. The number of carbonyl (C=O) groups excluding carboxylic acids is 1. The van der Waals surface area contributed by atoms with E-state index in [1.807, 2.05) is 49.4 Å². The molecular weight excluding hydrogens is 480 g/mol. The highest BCUT2D eigenvalue weighted by Gasteiger charge is 2.12. The van der Waals surface area contributed by atoms with Crippen molar-refractivity contribution >= 4 is 33.8 Å². The fourth-order valence-electron chi connectivity index (χ4n) is 4.53. The molecule has 4 heterocycles. The van der Waals surface area contributed by atoms with E-state index in [4.69, 9.17) is 4.74 Å². The van der Waals surface area contributed by atoms with E-state index >= 15 is 0 Å². The Morgan fingerprint density at radius 2 is 2.11 bits per heavy atom. The molecule has 0 aliphatic carbocycles. The van der Waals surface area contributed by atoms with E-state index in [1.165, 1.54) is 6.33 Å². The van der Waals surface area contributed by atoms with Crippen molar-refractivity contribution in [2.45, 2.75) is 32.2 Å². The molecule has 10 heteroatoms. The molecule has 3 aromatic heterocycles. The number of aryl methyl sites for hydroxylation is 1. The number of aromatic nitrogens is 6. The van der Waals surface area contributed by atoms with Gasteiger partial charge in [0.25, 0.3) is 0 Å². The molecule has 2 aromatic carbocycles. The Hall–Kier alpha value is -4.70. The number of benzene rings is 2. The van der Waals surface area contributed by atoms with E-state index in [9.17, 15) is 4.79 Å². The number of hydrogen-bond donors (Lipinski definition) is 2. The predicted molar refractivity (Wildman–Crippen MR) is 144 cm³/mol. The van der Waals surface area contributed by atoms with Gasteiger partial charge in [-0.1, -0.05) is 12.1 Å². The Bertz CT molecular complexity index is 1660. The van der Waals surface area contributed by atoms with Gasteiger partial charge in [-0.3, -0.25) is 9.20 Å². The molecule has 0 radical (unpaired) electrons. The smallest absolute Gasteiger partial charge is 0.224 e. The fraction of sp³-hybridized carbons (Fsp3) is 0.214. The zero-order valence-electron chi connectivity index (χ0n) is 20.8. The van der Waals surface area contributed by atoms with E-state index in [1.54, 1.807) is 29.2 Å². The van der Waals surface area contributed by atoms with E-state index in [2.05, 4.69) is 35.8 Å². The second-order valence-electron chi connectivity index (χ2n) is 9.31. The summed E-state index contributed by atoms with van der Waals surface area (Å²) in [4.78, 5) is 25.7. The van der Waals surface area contributed by atoms with Crippen molar-refractivity contribution in [2.75, 3.05) is 11.9 Å². The Balaban J connectivity index is 1.18. The minimum absolute atomic E-state index is 0.0771. The van der Waals surface area contributed by atoms with Crippen LogP contribution in [0.4, 0.5) is 11.5 Å². The van der Waals surface area contributed by atoms with Crippen LogP contribution in [0.1, 0.15) is 24.0 Å². The van der Waals surface area contributed by atoms with Crippen molar-refractivity contribution in [1.82, 2.24) is 34.9 Å². The quantitative estimate of drug-likeness (QED) is 0.296. The topological polar surface area (TPSA) is 119 Å². The summed E-state index contributed by atoms with van der Waals surface area (Å²) >= 11 is 0. The lowest BCUT2D eigenvalue weighted by atomic mass is 10.0. The standard InChI is InChI=1S/C28H26N8O2/c1-18-11-21(6-9-25(18)38-27-14-26-35-33-17-36(26)16-32-27)34-28-23-13-19(4-8-24(23)30-15-31-28)12-22(37)7-5-20-3-2-10-29-20/h4-9,11,13-17,20,29H,2-3,10,12H2,1H3,(H,30,31,34)/b7-5+/t20-/m1/s1. The van der Waals surface area contributed by atoms with Crippen LogP contribution < -0.4 is 15.4 Å². The molecular formula is C28H26N8O2. The Labute approximate surface area is 218 Å². The monoisotopic (exact) mass is 506 g/mol. The molecule has 6 rings (SSSR count). The van der Waals surface area contributed by atoms with Crippen LogP contribution in [-0.2, 0) is 11.2 Å². The first kappa shape index (κ1) is 23.7. The molecule has 1 aliphatic rings. The molecule has 5 aromatic rings. The molecule has 0 bridgehead atoms. The lowest BCUT2D eigenvalue weighted by Gasteiger charge is -2.12. The maximum absolute atomic E-state index is 12.5. The summed E-state index contributed by atoms with van der Waals surface area (Å²) in [6.45, 7) is 2.98. The molecule has 1 atom stereocenters. The van der Waals surface area contributed by atoms with Gasteiger partial charge in [-0.25, -0.2) is 15.0 Å². The average Bonchev–Trinajstić information content (AvgIpc) is 3.61. The van der Waals surface area contributed by atoms with Gasteiger partial charge in [0.05, 0.1) is 5.52 Å². The van der Waals surface area contributed by atoms with Gasteiger partial charge in [-0.2, -0.15) is 0 Å². The summed E-state index contributed by atoms with van der Waals surface area (Å²) in [5.74, 6) is 1.86. The average molecular weight is 507 g/mol. The van der Waals surface area contributed by atoms with Gasteiger partial charge in [-0.05, 0) is 73.8 Å². The molecule has 10 nitrogen and oxygen atoms in total. The van der Waals surface area contributed by atoms with Crippen molar-refractivity contribution in [2.24, 2.45) is 0 Å². The molecule has 1 fully saturated rings. The third kappa shape index (κ3) is 5.21. The first-order chi connectivity index (χ1) is 18.6. The number of allylic oxidation sites excluding steroid dienone is 1. The molecule has 0 amide bonds. The number of rotatable bonds is 8. The highest BCUT2D eigenvalue weighted by molar-refractivity contribution is 5.94. The number of fused-ring (bicyclic) bond motifs is 2. The van der Waals surface area contributed by atoms with Gasteiger partial charge in [0.1, 0.15) is 30.5 Å². The Kier molecular flexibility index (Phi) is 6.45. The number of nitrogens with one attached hydrogen (secondary N) is 2. The third-order valence-electron chi connectivity index (χ3n) is 6.51. The van der Waals surface area contributed by atoms with Crippen LogP contribution in [0.5, 0.6) is 11.6 Å². The molecule has 0 unspecified atom stereocenters. The first-order valence-corrected chi connectivity index (χ1v) is 12.5. The molecule has 1 saturated heterocycles. The lowest BCUT2D eigenvalue weighted by Crippen LogP contribution is -2.18. The van der Waals surface area contributed by atoms with Crippen LogP contribution in [0.2, 0.25) is 0 Å². The largest absolute Gasteiger partial charge is 0.439 e. The number of ketones is 1. The summed E-state index contributed by atoms with van der Waals surface area (Å²) in [6, 6.07) is 13.7. The number of anilines is 2. The molecule has 0 spiro atoms. The molecule has 0 saturated carbocycles. The first-order valence-electron chi connectivity index (χ1n) is 12.5. The predicted octanol–water partition coefficient (Wildman–Crippen LogP) is 4.33. The number of nitrogens with zero attached hydrogens (tertiary/aromatic N) is 6. The normalized spacial score (nSPS) is 15.4. The van der Waals surface area contributed by atoms with E-state index in [0.717, 1.165) is 47.1 Å². The number of carbonyl (C=O) groups is 1. The van der Waals surface area contributed by atoms with Gasteiger partial charge in [0.15, 0.2) is 11.4 Å². The molecule has 2 N–H and O–H groups in total. The van der Waals surface area contributed by atoms with Gasteiger partial charge in [0.2, 0.25) is 5.88 Å². The van der Waals surface area contributed by atoms with Gasteiger partial charge < -0.3 is 15.4 Å². The van der Waals surface area contributed by atoms with Gasteiger partial charge in [-0.15, -0.1) is 10.2 Å². The van der Waals surface area contributed by atoms with Gasteiger partial charge >= 0.3 is 0 Å². The SMILES string of the molecule is Cc1cc(Nc2ncnc3ccc(CC(=O)/C=C/[C@H]4CCCN4)cc23)ccc1Oc1cc2nncn2cn1. The van der Waals surface area contributed by atoms with Crippen molar-refractivity contribution in [3.05, 3.63) is 84.7 Å². The van der Waals surface area contributed by atoms with Crippen LogP contribution >= 0.6 is 0 Å². The van der Waals surface area contributed by atoms with Crippen molar-refractivity contribution < 1.29 is 9.53 Å². The Morgan fingerprint density at radius 1 is 1.16 bits per heavy atom. The van der Waals surface area contributed by atoms with Crippen molar-refractivity contribution in [1.29, 1.82) is 0 Å². The fourth-order valence-corrected chi connectivity index (χ4v) is 4.53. The maximum Gasteiger partial charge on any atom is 0.224 e. The van der Waals surface area contributed by atoms with Crippen LogP contribution in [0.3, 0.4) is 0 Å². The molecule has 190 valence electrons. The van der Waals surface area contributed by atoms with Crippen LogP contribution in [0.25, 0.3) is 16.6 Å². The minimum atomic E-state index is 0.0771. The van der Waals surface area contributed by atoms with Crippen LogP contribution in [0.15, 0.2) is 73.6 Å². The summed E-state index contributed by atoms with van der Waals surface area (Å²) in [5, 5.41) is 15.5. The highest BCUT2D eigenvalue weighted by Crippen LogP contribution is 2.29. The third-order valence-corrected chi connectivity index (χ3v) is 6.51. The zero-order chi connectivity index (χ0) is 25.9. The van der Waals surface area contributed by atoms with E-state index in [0.29, 0.717) is 35.6 Å².